The molecule has 1 unspecified atom stereocenters. The van der Waals surface area contributed by atoms with Gasteiger partial charge in [0.05, 0.1) is 0 Å². The molecule has 0 aliphatic heterocycles. The summed E-state index contributed by atoms with van der Waals surface area (Å²) in [5.74, 6) is 0.654. The van der Waals surface area contributed by atoms with Crippen LogP contribution in [0, 0.1) is 0 Å². The van der Waals surface area contributed by atoms with E-state index in [1.807, 2.05) is 6.92 Å². The summed E-state index contributed by atoms with van der Waals surface area (Å²) in [5, 5.41) is 3.12. The van der Waals surface area contributed by atoms with Crippen molar-refractivity contribution in [3.8, 4) is 0 Å². The van der Waals surface area contributed by atoms with Crippen molar-refractivity contribution < 1.29 is 8.42 Å². The summed E-state index contributed by atoms with van der Waals surface area (Å²) in [6, 6.07) is 3.39. The van der Waals surface area contributed by atoms with E-state index in [0.29, 0.717) is 5.82 Å². The molecule has 1 rings (SSSR count). The van der Waals surface area contributed by atoms with Gasteiger partial charge in [0, 0.05) is 32.9 Å². The van der Waals surface area contributed by atoms with E-state index in [4.69, 9.17) is 5.73 Å². The minimum atomic E-state index is -3.41. The first-order valence-corrected chi connectivity index (χ1v) is 7.70. The highest BCUT2D eigenvalue weighted by Gasteiger charge is 2.17. The fourth-order valence-corrected chi connectivity index (χ4v) is 2.29. The molecule has 0 saturated carbocycles. The predicted octanol–water partition coefficient (Wildman–Crippen LogP) is 0.871. The number of hydrogen-bond acceptors (Lipinski definition) is 5. The van der Waals surface area contributed by atoms with Crippen LogP contribution in [-0.4, -0.2) is 44.4 Å². The van der Waals surface area contributed by atoms with Gasteiger partial charge in [0.1, 0.15) is 10.7 Å². The van der Waals surface area contributed by atoms with Crippen molar-refractivity contribution in [2.45, 2.75) is 30.7 Å². The zero-order valence-electron chi connectivity index (χ0n) is 11.6. The Labute approximate surface area is 115 Å². The highest BCUT2D eigenvalue weighted by atomic mass is 32.2. The Balaban J connectivity index is 2.62. The lowest BCUT2D eigenvalue weighted by Gasteiger charge is -2.12. The van der Waals surface area contributed by atoms with Crippen molar-refractivity contribution in [2.75, 3.05) is 26.0 Å². The Morgan fingerprint density at radius 1 is 1.42 bits per heavy atom. The summed E-state index contributed by atoms with van der Waals surface area (Å²) < 4.78 is 24.8. The van der Waals surface area contributed by atoms with E-state index in [2.05, 4.69) is 10.3 Å². The standard InChI is InChI=1S/C12H22N4O2S/c1-4-10(13)7-8-14-12-6-5-11(9-15-12)19(17,18)16(2)3/h5-6,9-10H,4,7-8,13H2,1-3H3,(H,14,15). The first-order chi connectivity index (χ1) is 8.87. The minimum Gasteiger partial charge on any atom is -0.370 e. The molecule has 1 aromatic rings. The average Bonchev–Trinajstić information content (AvgIpc) is 2.39. The van der Waals surface area contributed by atoms with Crippen LogP contribution in [0.3, 0.4) is 0 Å². The van der Waals surface area contributed by atoms with Gasteiger partial charge in [0.25, 0.3) is 0 Å². The lowest BCUT2D eigenvalue weighted by molar-refractivity contribution is 0.520. The second kappa shape index (κ2) is 6.83. The molecular weight excluding hydrogens is 264 g/mol. The first-order valence-electron chi connectivity index (χ1n) is 6.26. The fourth-order valence-electron chi connectivity index (χ4n) is 1.44. The number of aromatic nitrogens is 1. The number of nitrogens with two attached hydrogens (primary N) is 1. The summed E-state index contributed by atoms with van der Waals surface area (Å²) in [5.41, 5.74) is 5.81. The van der Waals surface area contributed by atoms with E-state index in [1.54, 1.807) is 12.1 Å². The number of pyridine rings is 1. The van der Waals surface area contributed by atoms with Gasteiger partial charge in [-0.05, 0) is 25.0 Å². The Morgan fingerprint density at radius 3 is 2.58 bits per heavy atom. The van der Waals surface area contributed by atoms with Gasteiger partial charge in [0.15, 0.2) is 0 Å². The van der Waals surface area contributed by atoms with Gasteiger partial charge in [-0.1, -0.05) is 6.92 Å². The molecule has 0 aliphatic carbocycles. The highest BCUT2D eigenvalue weighted by Crippen LogP contribution is 2.13. The lowest BCUT2D eigenvalue weighted by Crippen LogP contribution is -2.23. The van der Waals surface area contributed by atoms with E-state index >= 15 is 0 Å². The summed E-state index contributed by atoms with van der Waals surface area (Å²) in [4.78, 5) is 4.28. The van der Waals surface area contributed by atoms with Crippen molar-refractivity contribution in [2.24, 2.45) is 5.73 Å². The summed E-state index contributed by atoms with van der Waals surface area (Å²) in [6.07, 6.45) is 3.16. The Kier molecular flexibility index (Phi) is 5.71. The van der Waals surface area contributed by atoms with Crippen LogP contribution in [0.4, 0.5) is 5.82 Å². The predicted molar refractivity (Wildman–Crippen MR) is 76.5 cm³/mol. The van der Waals surface area contributed by atoms with E-state index < -0.39 is 10.0 Å². The second-order valence-electron chi connectivity index (χ2n) is 4.55. The van der Waals surface area contributed by atoms with Gasteiger partial charge < -0.3 is 11.1 Å². The number of nitrogens with one attached hydrogen (secondary N) is 1. The van der Waals surface area contributed by atoms with Gasteiger partial charge in [0.2, 0.25) is 10.0 Å². The molecule has 0 spiro atoms. The first kappa shape index (κ1) is 15.9. The molecule has 19 heavy (non-hydrogen) atoms. The highest BCUT2D eigenvalue weighted by molar-refractivity contribution is 7.89. The molecule has 0 bridgehead atoms. The van der Waals surface area contributed by atoms with Crippen LogP contribution in [-0.2, 0) is 10.0 Å². The third-order valence-electron chi connectivity index (χ3n) is 2.86. The maximum absolute atomic E-state index is 11.8. The van der Waals surface area contributed by atoms with E-state index in [9.17, 15) is 8.42 Å². The van der Waals surface area contributed by atoms with Gasteiger partial charge >= 0.3 is 0 Å². The van der Waals surface area contributed by atoms with Crippen LogP contribution in [0.2, 0.25) is 0 Å². The lowest BCUT2D eigenvalue weighted by atomic mass is 10.2. The maximum Gasteiger partial charge on any atom is 0.244 e. The molecule has 1 heterocycles. The summed E-state index contributed by atoms with van der Waals surface area (Å²) in [7, 11) is -0.421. The molecule has 0 saturated heterocycles. The van der Waals surface area contributed by atoms with E-state index in [-0.39, 0.29) is 10.9 Å². The molecule has 0 aromatic carbocycles. The van der Waals surface area contributed by atoms with Crippen molar-refractivity contribution in [1.82, 2.24) is 9.29 Å². The molecule has 6 nitrogen and oxygen atoms in total. The van der Waals surface area contributed by atoms with Crippen molar-refractivity contribution in [1.29, 1.82) is 0 Å². The smallest absolute Gasteiger partial charge is 0.244 e. The van der Waals surface area contributed by atoms with E-state index in [1.165, 1.54) is 20.3 Å². The number of sulfonamides is 1. The molecule has 0 aliphatic rings. The molecule has 3 N–H and O–H groups in total. The van der Waals surface area contributed by atoms with Crippen LogP contribution in [0.25, 0.3) is 0 Å². The zero-order chi connectivity index (χ0) is 14.5. The Morgan fingerprint density at radius 2 is 2.11 bits per heavy atom. The topological polar surface area (TPSA) is 88.3 Å². The quantitative estimate of drug-likeness (QED) is 0.776. The van der Waals surface area contributed by atoms with E-state index in [0.717, 1.165) is 23.7 Å². The largest absolute Gasteiger partial charge is 0.370 e. The van der Waals surface area contributed by atoms with Gasteiger partial charge in [-0.2, -0.15) is 0 Å². The van der Waals surface area contributed by atoms with Crippen molar-refractivity contribution in [3.05, 3.63) is 18.3 Å². The van der Waals surface area contributed by atoms with Crippen LogP contribution in [0.5, 0.6) is 0 Å². The molecule has 1 atom stereocenters. The normalized spacial score (nSPS) is 13.5. The minimum absolute atomic E-state index is 0.181. The third-order valence-corrected chi connectivity index (χ3v) is 4.66. The molecule has 0 radical (unpaired) electrons. The van der Waals surface area contributed by atoms with Crippen LogP contribution in [0.15, 0.2) is 23.2 Å². The number of hydrogen-bond donors (Lipinski definition) is 2. The summed E-state index contributed by atoms with van der Waals surface area (Å²) >= 11 is 0. The summed E-state index contributed by atoms with van der Waals surface area (Å²) in [6.45, 7) is 2.77. The van der Waals surface area contributed by atoms with Gasteiger partial charge in [-0.3, -0.25) is 0 Å². The van der Waals surface area contributed by atoms with Crippen molar-refractivity contribution >= 4 is 15.8 Å². The SMILES string of the molecule is CCC(N)CCNc1ccc(S(=O)(=O)N(C)C)cn1. The molecule has 108 valence electrons. The van der Waals surface area contributed by atoms with Gasteiger partial charge in [-0.25, -0.2) is 17.7 Å². The Hall–Kier alpha value is -1.18. The van der Waals surface area contributed by atoms with Crippen molar-refractivity contribution in [3.63, 3.8) is 0 Å². The molecule has 1 aromatic heterocycles. The number of rotatable bonds is 7. The molecular formula is C12H22N4O2S. The average molecular weight is 286 g/mol. The maximum atomic E-state index is 11.8. The number of nitrogens with zero attached hydrogens (tertiary/aromatic N) is 2. The van der Waals surface area contributed by atoms with Crippen LogP contribution < -0.4 is 11.1 Å². The zero-order valence-corrected chi connectivity index (χ0v) is 12.4. The van der Waals surface area contributed by atoms with Gasteiger partial charge in [-0.15, -0.1) is 0 Å². The fraction of sp³-hybridized carbons (Fsp3) is 0.583. The Bertz CT molecular complexity index is 485. The number of anilines is 1. The molecule has 0 fully saturated rings. The second-order valence-corrected chi connectivity index (χ2v) is 6.70. The van der Waals surface area contributed by atoms with Crippen LogP contribution >= 0.6 is 0 Å². The monoisotopic (exact) mass is 286 g/mol. The molecule has 0 amide bonds. The van der Waals surface area contributed by atoms with Crippen LogP contribution in [0.1, 0.15) is 19.8 Å². The third kappa shape index (κ3) is 4.45. The molecule has 7 heteroatoms.